The van der Waals surface area contributed by atoms with E-state index in [0.717, 1.165) is 57.5 Å². The van der Waals surface area contributed by atoms with Crippen molar-refractivity contribution in [2.75, 3.05) is 26.3 Å². The molecule has 0 aliphatic carbocycles. The van der Waals surface area contributed by atoms with Crippen molar-refractivity contribution in [1.82, 2.24) is 9.88 Å². The van der Waals surface area contributed by atoms with Crippen molar-refractivity contribution in [3.05, 3.63) is 42.1 Å². The highest BCUT2D eigenvalue weighted by atomic mass is 16.5. The van der Waals surface area contributed by atoms with Gasteiger partial charge in [-0.1, -0.05) is 18.2 Å². The molecule has 4 nitrogen and oxygen atoms in total. The molecule has 0 N–H and O–H groups in total. The fourth-order valence-corrected chi connectivity index (χ4v) is 4.35. The first-order chi connectivity index (χ1) is 12.8. The number of ether oxygens (including phenoxy) is 1. The second-order valence-corrected chi connectivity index (χ2v) is 7.85. The molecule has 1 aromatic carbocycles. The molecule has 2 aromatic rings. The Balaban J connectivity index is 1.35. The predicted molar refractivity (Wildman–Crippen MR) is 103 cm³/mol. The molecular weight excluding hydrogens is 324 g/mol. The summed E-state index contributed by atoms with van der Waals surface area (Å²) in [5.74, 6) is 1.41. The Morgan fingerprint density at radius 1 is 1.15 bits per heavy atom. The molecule has 2 aliphatic heterocycles. The van der Waals surface area contributed by atoms with Gasteiger partial charge in [0, 0.05) is 44.3 Å². The average Bonchev–Trinajstić information content (AvgIpc) is 2.69. The fraction of sp³-hybridized carbons (Fsp3) is 0.545. The summed E-state index contributed by atoms with van der Waals surface area (Å²) in [7, 11) is 0. The van der Waals surface area contributed by atoms with Crippen molar-refractivity contribution in [3.63, 3.8) is 0 Å². The van der Waals surface area contributed by atoms with Crippen LogP contribution in [0.1, 0.15) is 37.7 Å². The zero-order valence-corrected chi connectivity index (χ0v) is 15.4. The largest absolute Gasteiger partial charge is 0.381 e. The highest BCUT2D eigenvalue weighted by Crippen LogP contribution is 2.25. The number of hydrogen-bond donors (Lipinski definition) is 0. The van der Waals surface area contributed by atoms with Crippen LogP contribution in [-0.4, -0.2) is 42.1 Å². The average molecular weight is 352 g/mol. The summed E-state index contributed by atoms with van der Waals surface area (Å²) in [6, 6.07) is 10.5. The third kappa shape index (κ3) is 4.24. The maximum absolute atomic E-state index is 12.7. The van der Waals surface area contributed by atoms with Gasteiger partial charge in [-0.3, -0.25) is 9.78 Å². The zero-order valence-electron chi connectivity index (χ0n) is 15.4. The Bertz CT molecular complexity index is 755. The van der Waals surface area contributed by atoms with E-state index in [-0.39, 0.29) is 0 Å². The normalized spacial score (nSPS) is 21.8. The van der Waals surface area contributed by atoms with Gasteiger partial charge in [0.25, 0.3) is 0 Å². The van der Waals surface area contributed by atoms with E-state index in [1.165, 1.54) is 17.4 Å². The number of benzene rings is 1. The van der Waals surface area contributed by atoms with E-state index in [9.17, 15) is 4.79 Å². The van der Waals surface area contributed by atoms with E-state index in [2.05, 4.69) is 34.1 Å². The Labute approximate surface area is 155 Å². The zero-order chi connectivity index (χ0) is 17.8. The molecule has 3 heterocycles. The van der Waals surface area contributed by atoms with Gasteiger partial charge in [0.15, 0.2) is 0 Å². The molecule has 4 rings (SSSR count). The van der Waals surface area contributed by atoms with Gasteiger partial charge in [-0.25, -0.2) is 0 Å². The number of carbonyl (C=O) groups excluding carboxylic acids is 1. The summed E-state index contributed by atoms with van der Waals surface area (Å²) in [5.41, 5.74) is 2.33. The first-order valence-electron chi connectivity index (χ1n) is 9.97. The number of piperidine rings is 1. The van der Waals surface area contributed by atoms with Gasteiger partial charge in [0.1, 0.15) is 0 Å². The number of carbonyl (C=O) groups is 1. The maximum atomic E-state index is 12.7. The van der Waals surface area contributed by atoms with Gasteiger partial charge in [-0.05, 0) is 61.6 Å². The lowest BCUT2D eigenvalue weighted by Gasteiger charge is -2.34. The predicted octanol–water partition coefficient (Wildman–Crippen LogP) is 3.83. The van der Waals surface area contributed by atoms with E-state index in [0.29, 0.717) is 24.2 Å². The molecule has 2 aliphatic rings. The standard InChI is InChI=1S/C22H28N2O2/c25-22(14-17-7-10-26-11-8-17)24-9-3-4-18(16-24)12-19-13-20-5-1-2-6-21(20)23-15-19/h1-2,5-6,13,15,17-18H,3-4,7-12,14,16H2/t18-/m0/s1. The van der Waals surface area contributed by atoms with Crippen LogP contribution in [-0.2, 0) is 16.0 Å². The Kier molecular flexibility index (Phi) is 5.49. The van der Waals surface area contributed by atoms with E-state index in [4.69, 9.17) is 4.74 Å². The number of pyridine rings is 1. The number of aromatic nitrogens is 1. The summed E-state index contributed by atoms with van der Waals surface area (Å²) in [5, 5.41) is 1.20. The molecule has 26 heavy (non-hydrogen) atoms. The molecule has 1 aromatic heterocycles. The monoisotopic (exact) mass is 352 g/mol. The second-order valence-electron chi connectivity index (χ2n) is 7.85. The van der Waals surface area contributed by atoms with E-state index >= 15 is 0 Å². The van der Waals surface area contributed by atoms with Gasteiger partial charge < -0.3 is 9.64 Å². The molecular formula is C22H28N2O2. The van der Waals surface area contributed by atoms with Crippen LogP contribution in [0.2, 0.25) is 0 Å². The van der Waals surface area contributed by atoms with Crippen LogP contribution in [0.4, 0.5) is 0 Å². The van der Waals surface area contributed by atoms with Crippen LogP contribution >= 0.6 is 0 Å². The minimum absolute atomic E-state index is 0.346. The first kappa shape index (κ1) is 17.5. The van der Waals surface area contributed by atoms with Gasteiger partial charge in [-0.2, -0.15) is 0 Å². The minimum atomic E-state index is 0.346. The highest BCUT2D eigenvalue weighted by Gasteiger charge is 2.26. The summed E-state index contributed by atoms with van der Waals surface area (Å²) >= 11 is 0. The third-order valence-electron chi connectivity index (χ3n) is 5.85. The van der Waals surface area contributed by atoms with Gasteiger partial charge in [0.2, 0.25) is 5.91 Å². The SMILES string of the molecule is O=C(CC1CCOCC1)N1CCC[C@@H](Cc2cnc3ccccc3c2)C1. The van der Waals surface area contributed by atoms with Gasteiger partial charge >= 0.3 is 0 Å². The van der Waals surface area contributed by atoms with Crippen molar-refractivity contribution in [2.24, 2.45) is 11.8 Å². The quantitative estimate of drug-likeness (QED) is 0.840. The van der Waals surface area contributed by atoms with Crippen molar-refractivity contribution in [2.45, 2.75) is 38.5 Å². The molecule has 0 unspecified atom stereocenters. The number of para-hydroxylation sites is 1. The van der Waals surface area contributed by atoms with Crippen LogP contribution in [0, 0.1) is 11.8 Å². The summed E-state index contributed by atoms with van der Waals surface area (Å²) < 4.78 is 5.41. The van der Waals surface area contributed by atoms with Crippen LogP contribution in [0.5, 0.6) is 0 Å². The molecule has 4 heteroatoms. The Morgan fingerprint density at radius 3 is 2.88 bits per heavy atom. The van der Waals surface area contributed by atoms with Crippen LogP contribution < -0.4 is 0 Å². The molecule has 2 fully saturated rings. The lowest BCUT2D eigenvalue weighted by atomic mass is 9.90. The van der Waals surface area contributed by atoms with Crippen molar-refractivity contribution in [1.29, 1.82) is 0 Å². The molecule has 0 bridgehead atoms. The number of rotatable bonds is 4. The van der Waals surface area contributed by atoms with Crippen molar-refractivity contribution < 1.29 is 9.53 Å². The van der Waals surface area contributed by atoms with Crippen LogP contribution in [0.3, 0.4) is 0 Å². The smallest absolute Gasteiger partial charge is 0.222 e. The van der Waals surface area contributed by atoms with Gasteiger partial charge in [0.05, 0.1) is 5.52 Å². The highest BCUT2D eigenvalue weighted by molar-refractivity contribution is 5.78. The minimum Gasteiger partial charge on any atom is -0.381 e. The third-order valence-corrected chi connectivity index (χ3v) is 5.85. The van der Waals surface area contributed by atoms with Crippen molar-refractivity contribution >= 4 is 16.8 Å². The molecule has 1 amide bonds. The topological polar surface area (TPSA) is 42.4 Å². The lowest BCUT2D eigenvalue weighted by molar-refractivity contribution is -0.134. The Hall–Kier alpha value is -1.94. The molecule has 0 radical (unpaired) electrons. The molecule has 2 saturated heterocycles. The van der Waals surface area contributed by atoms with E-state index in [1.54, 1.807) is 0 Å². The summed E-state index contributed by atoms with van der Waals surface area (Å²) in [6.45, 7) is 3.45. The number of nitrogens with zero attached hydrogens (tertiary/aromatic N) is 2. The number of likely N-dealkylation sites (tertiary alicyclic amines) is 1. The Morgan fingerprint density at radius 2 is 2.00 bits per heavy atom. The second kappa shape index (κ2) is 8.17. The molecule has 0 saturated carbocycles. The van der Waals surface area contributed by atoms with Crippen molar-refractivity contribution in [3.8, 4) is 0 Å². The number of amides is 1. The summed E-state index contributed by atoms with van der Waals surface area (Å²) in [6.07, 6.45) is 8.11. The van der Waals surface area contributed by atoms with E-state index in [1.807, 2.05) is 12.3 Å². The molecule has 138 valence electrons. The number of fused-ring (bicyclic) bond motifs is 1. The molecule has 1 atom stereocenters. The summed E-state index contributed by atoms with van der Waals surface area (Å²) in [4.78, 5) is 19.4. The number of hydrogen-bond acceptors (Lipinski definition) is 3. The maximum Gasteiger partial charge on any atom is 0.222 e. The van der Waals surface area contributed by atoms with Gasteiger partial charge in [-0.15, -0.1) is 0 Å². The first-order valence-corrected chi connectivity index (χ1v) is 9.97. The lowest BCUT2D eigenvalue weighted by Crippen LogP contribution is -2.41. The van der Waals surface area contributed by atoms with Crippen LogP contribution in [0.15, 0.2) is 36.5 Å². The van der Waals surface area contributed by atoms with Crippen LogP contribution in [0.25, 0.3) is 10.9 Å². The fourth-order valence-electron chi connectivity index (χ4n) is 4.35. The molecule has 0 spiro atoms. The van der Waals surface area contributed by atoms with E-state index < -0.39 is 0 Å².